The maximum Gasteiger partial charge on any atom is 0.351 e. The molecule has 0 saturated carbocycles. The molecular formula is C13H15NO4. The molecule has 1 aromatic rings. The predicted molar refractivity (Wildman–Crippen MR) is 65.5 cm³/mol. The molecule has 0 unspecified atom stereocenters. The van der Waals surface area contributed by atoms with Crippen LogP contribution in [0.3, 0.4) is 0 Å². The Bertz CT molecular complexity index is 484. The first-order chi connectivity index (χ1) is 8.67. The third-order valence-electron chi connectivity index (χ3n) is 2.97. The van der Waals surface area contributed by atoms with Crippen LogP contribution in [0, 0.1) is 0 Å². The second-order valence-electron chi connectivity index (χ2n) is 4.06. The Labute approximate surface area is 105 Å². The van der Waals surface area contributed by atoms with Crippen molar-refractivity contribution in [1.82, 2.24) is 0 Å². The number of hydrogen-bond acceptors (Lipinski definition) is 5. The minimum absolute atomic E-state index is 0.151. The molecular weight excluding hydrogens is 234 g/mol. The van der Waals surface area contributed by atoms with Gasteiger partial charge in [-0.3, -0.25) is 0 Å². The molecule has 2 rings (SSSR count). The Morgan fingerprint density at radius 2 is 2.33 bits per heavy atom. The summed E-state index contributed by atoms with van der Waals surface area (Å²) in [6, 6.07) is 6.75. The maximum absolute atomic E-state index is 11.7. The highest BCUT2D eigenvalue weighted by Gasteiger charge is 2.40. The van der Waals surface area contributed by atoms with Crippen molar-refractivity contribution >= 4 is 11.7 Å². The van der Waals surface area contributed by atoms with Crippen molar-refractivity contribution in [2.45, 2.75) is 25.4 Å². The SMILES string of the molecule is CCC1=NO[C@@H](C(=O)OC)[C@@H]1c1cccc(O)c1. The van der Waals surface area contributed by atoms with Crippen LogP contribution in [-0.4, -0.2) is 30.0 Å². The number of benzene rings is 1. The number of carbonyl (C=O) groups excluding carboxylic acids is 1. The molecule has 0 aromatic heterocycles. The molecule has 1 heterocycles. The van der Waals surface area contributed by atoms with Crippen LogP contribution in [0.4, 0.5) is 0 Å². The number of aromatic hydroxyl groups is 1. The lowest BCUT2D eigenvalue weighted by Gasteiger charge is -2.17. The van der Waals surface area contributed by atoms with Crippen molar-refractivity contribution in [2.75, 3.05) is 7.11 Å². The van der Waals surface area contributed by atoms with Crippen molar-refractivity contribution in [3.63, 3.8) is 0 Å². The predicted octanol–water partition coefficient (Wildman–Crippen LogP) is 1.81. The minimum Gasteiger partial charge on any atom is -0.508 e. The average molecular weight is 249 g/mol. The molecule has 1 aliphatic rings. The van der Waals surface area contributed by atoms with Gasteiger partial charge in [0.25, 0.3) is 0 Å². The van der Waals surface area contributed by atoms with Crippen LogP contribution in [0.15, 0.2) is 29.4 Å². The summed E-state index contributed by atoms with van der Waals surface area (Å²) in [6.07, 6.45) is -0.0971. The quantitative estimate of drug-likeness (QED) is 0.829. The van der Waals surface area contributed by atoms with E-state index in [-0.39, 0.29) is 11.7 Å². The molecule has 18 heavy (non-hydrogen) atoms. The van der Waals surface area contributed by atoms with Crippen LogP contribution in [0.1, 0.15) is 24.8 Å². The number of carbonyl (C=O) groups is 1. The Morgan fingerprint density at radius 3 is 2.94 bits per heavy atom. The van der Waals surface area contributed by atoms with Crippen LogP contribution in [0.2, 0.25) is 0 Å². The van der Waals surface area contributed by atoms with Gasteiger partial charge in [-0.25, -0.2) is 4.79 Å². The third-order valence-corrected chi connectivity index (χ3v) is 2.97. The number of oxime groups is 1. The highest BCUT2D eigenvalue weighted by atomic mass is 16.7. The van der Waals surface area contributed by atoms with Crippen LogP contribution in [0.25, 0.3) is 0 Å². The molecule has 1 N–H and O–H groups in total. The third kappa shape index (κ3) is 2.16. The zero-order chi connectivity index (χ0) is 13.1. The molecule has 0 radical (unpaired) electrons. The molecule has 1 aliphatic heterocycles. The van der Waals surface area contributed by atoms with E-state index in [9.17, 15) is 9.90 Å². The van der Waals surface area contributed by atoms with E-state index in [2.05, 4.69) is 5.16 Å². The fourth-order valence-electron chi connectivity index (χ4n) is 2.08. The average Bonchev–Trinajstić information content (AvgIpc) is 2.81. The van der Waals surface area contributed by atoms with Gasteiger partial charge < -0.3 is 14.7 Å². The first-order valence-corrected chi connectivity index (χ1v) is 5.76. The van der Waals surface area contributed by atoms with E-state index in [1.165, 1.54) is 7.11 Å². The van der Waals surface area contributed by atoms with E-state index in [1.54, 1.807) is 18.2 Å². The lowest BCUT2D eigenvalue weighted by molar-refractivity contribution is -0.153. The standard InChI is InChI=1S/C13H15NO4/c1-3-10-11(8-5-4-6-9(15)7-8)12(18-14-10)13(16)17-2/h4-7,11-12,15H,3H2,1-2H3/t11-,12-/m1/s1. The van der Waals surface area contributed by atoms with E-state index < -0.39 is 12.1 Å². The van der Waals surface area contributed by atoms with Crippen molar-refractivity contribution in [3.05, 3.63) is 29.8 Å². The van der Waals surface area contributed by atoms with Crippen molar-refractivity contribution in [2.24, 2.45) is 5.16 Å². The van der Waals surface area contributed by atoms with E-state index in [0.717, 1.165) is 11.3 Å². The first-order valence-electron chi connectivity index (χ1n) is 5.76. The smallest absolute Gasteiger partial charge is 0.351 e. The molecule has 5 heteroatoms. The van der Waals surface area contributed by atoms with E-state index in [0.29, 0.717) is 6.42 Å². The number of nitrogens with zero attached hydrogens (tertiary/aromatic N) is 1. The van der Waals surface area contributed by atoms with Crippen molar-refractivity contribution in [1.29, 1.82) is 0 Å². The molecule has 0 aliphatic carbocycles. The van der Waals surface area contributed by atoms with Gasteiger partial charge in [0, 0.05) is 0 Å². The number of phenolic OH excluding ortho intramolecular Hbond substituents is 1. The highest BCUT2D eigenvalue weighted by Crippen LogP contribution is 2.32. The fourth-order valence-corrected chi connectivity index (χ4v) is 2.08. The molecule has 1 aromatic carbocycles. The lowest BCUT2D eigenvalue weighted by atomic mass is 9.88. The monoisotopic (exact) mass is 249 g/mol. The molecule has 0 saturated heterocycles. The number of esters is 1. The van der Waals surface area contributed by atoms with Crippen LogP contribution in [0.5, 0.6) is 5.75 Å². The van der Waals surface area contributed by atoms with E-state index in [4.69, 9.17) is 9.57 Å². The second-order valence-corrected chi connectivity index (χ2v) is 4.06. The molecule has 0 fully saturated rings. The first kappa shape index (κ1) is 12.4. The van der Waals surface area contributed by atoms with Gasteiger partial charge in [0.2, 0.25) is 6.10 Å². The van der Waals surface area contributed by atoms with Crippen LogP contribution in [-0.2, 0) is 14.4 Å². The van der Waals surface area contributed by atoms with Gasteiger partial charge in [-0.2, -0.15) is 0 Å². The lowest BCUT2D eigenvalue weighted by Crippen LogP contribution is -2.30. The number of methoxy groups -OCH3 is 1. The van der Waals surface area contributed by atoms with Gasteiger partial charge in [-0.1, -0.05) is 24.2 Å². The van der Waals surface area contributed by atoms with Crippen molar-refractivity contribution in [3.8, 4) is 5.75 Å². The summed E-state index contributed by atoms with van der Waals surface area (Å²) in [5.74, 6) is -0.608. The fraction of sp³-hybridized carbons (Fsp3) is 0.385. The Kier molecular flexibility index (Phi) is 3.50. The summed E-state index contributed by atoms with van der Waals surface area (Å²) < 4.78 is 4.71. The topological polar surface area (TPSA) is 68.1 Å². The molecule has 0 amide bonds. The molecule has 5 nitrogen and oxygen atoms in total. The molecule has 0 bridgehead atoms. The Balaban J connectivity index is 2.36. The molecule has 96 valence electrons. The number of ether oxygens (including phenoxy) is 1. The van der Waals surface area contributed by atoms with Gasteiger partial charge in [0.05, 0.1) is 18.7 Å². The Hall–Kier alpha value is -2.04. The molecule has 2 atom stereocenters. The number of phenols is 1. The normalized spacial score (nSPS) is 22.2. The number of rotatable bonds is 3. The van der Waals surface area contributed by atoms with Crippen molar-refractivity contribution < 1.29 is 19.5 Å². The Morgan fingerprint density at radius 1 is 1.56 bits per heavy atom. The van der Waals surface area contributed by atoms with Gasteiger partial charge in [-0.15, -0.1) is 0 Å². The summed E-state index contributed by atoms with van der Waals surface area (Å²) in [5, 5.41) is 13.4. The van der Waals surface area contributed by atoms with Gasteiger partial charge in [0.1, 0.15) is 5.75 Å². The summed E-state index contributed by atoms with van der Waals surface area (Å²) in [6.45, 7) is 1.94. The zero-order valence-corrected chi connectivity index (χ0v) is 10.3. The second kappa shape index (κ2) is 5.08. The largest absolute Gasteiger partial charge is 0.508 e. The zero-order valence-electron chi connectivity index (χ0n) is 10.3. The minimum atomic E-state index is -0.772. The van der Waals surface area contributed by atoms with Crippen LogP contribution >= 0.6 is 0 Å². The summed E-state index contributed by atoms with van der Waals surface area (Å²) in [7, 11) is 1.31. The maximum atomic E-state index is 11.7. The summed E-state index contributed by atoms with van der Waals surface area (Å²) in [4.78, 5) is 16.8. The summed E-state index contributed by atoms with van der Waals surface area (Å²) in [5.41, 5.74) is 1.57. The number of hydrogen-bond donors (Lipinski definition) is 1. The van der Waals surface area contributed by atoms with Gasteiger partial charge in [0.15, 0.2) is 0 Å². The molecule has 0 spiro atoms. The van der Waals surface area contributed by atoms with E-state index >= 15 is 0 Å². The van der Waals surface area contributed by atoms with Gasteiger partial charge in [-0.05, 0) is 24.1 Å². The highest BCUT2D eigenvalue weighted by molar-refractivity contribution is 5.97. The van der Waals surface area contributed by atoms with Crippen LogP contribution < -0.4 is 0 Å². The van der Waals surface area contributed by atoms with E-state index in [1.807, 2.05) is 13.0 Å². The van der Waals surface area contributed by atoms with Gasteiger partial charge >= 0.3 is 5.97 Å². The summed E-state index contributed by atoms with van der Waals surface area (Å²) >= 11 is 0.